The van der Waals surface area contributed by atoms with E-state index in [0.717, 1.165) is 0 Å². The van der Waals surface area contributed by atoms with E-state index in [1.54, 1.807) is 20.8 Å². The van der Waals surface area contributed by atoms with E-state index in [0.29, 0.717) is 12.8 Å². The topological polar surface area (TPSA) is 72.5 Å². The first kappa shape index (κ1) is 19.5. The molecule has 1 rings (SSSR count). The molecular weight excluding hydrogens is 284 g/mol. The lowest BCUT2D eigenvalue weighted by Gasteiger charge is -2.32. The van der Waals surface area contributed by atoms with Gasteiger partial charge in [-0.1, -0.05) is 0 Å². The predicted molar refractivity (Wildman–Crippen MR) is 70.7 cm³/mol. The SMILES string of the molecule is CC(NC(=O)OC(C)(C)C)C1CCC(F)(F)CC1.O=C=O. The highest BCUT2D eigenvalue weighted by molar-refractivity contribution is 5.68. The van der Waals surface area contributed by atoms with Crippen LogP contribution in [0.3, 0.4) is 0 Å². The summed E-state index contributed by atoms with van der Waals surface area (Å²) in [4.78, 5) is 27.8. The van der Waals surface area contributed by atoms with Crippen molar-refractivity contribution in [2.24, 2.45) is 5.92 Å². The first-order valence-corrected chi connectivity index (χ1v) is 6.87. The van der Waals surface area contributed by atoms with Crippen molar-refractivity contribution in [3.05, 3.63) is 0 Å². The average Bonchev–Trinajstić information content (AvgIpc) is 2.26. The molecule has 1 aliphatic carbocycles. The number of ether oxygens (including phenoxy) is 1. The highest BCUT2D eigenvalue weighted by Gasteiger charge is 2.37. The molecule has 1 amide bonds. The van der Waals surface area contributed by atoms with Gasteiger partial charge in [0.05, 0.1) is 0 Å². The van der Waals surface area contributed by atoms with Crippen molar-refractivity contribution in [1.82, 2.24) is 5.32 Å². The summed E-state index contributed by atoms with van der Waals surface area (Å²) < 4.78 is 31.2. The van der Waals surface area contributed by atoms with E-state index in [9.17, 15) is 13.6 Å². The number of alkyl carbamates (subject to hydrolysis) is 1. The standard InChI is InChI=1S/C13H23F2NO2.CO2/c1-9(16-11(17)18-12(2,3)4)10-5-7-13(14,15)8-6-10;2-1-3/h9-10H,5-8H2,1-4H3,(H,16,17);. The summed E-state index contributed by atoms with van der Waals surface area (Å²) in [6.07, 6.45) is 0.497. The maximum atomic E-state index is 13.0. The van der Waals surface area contributed by atoms with Gasteiger partial charge in [-0.3, -0.25) is 0 Å². The van der Waals surface area contributed by atoms with Crippen LogP contribution in [0, 0.1) is 5.92 Å². The molecule has 5 nitrogen and oxygen atoms in total. The van der Waals surface area contributed by atoms with E-state index in [2.05, 4.69) is 5.32 Å². The monoisotopic (exact) mass is 307 g/mol. The smallest absolute Gasteiger partial charge is 0.407 e. The highest BCUT2D eigenvalue weighted by Crippen LogP contribution is 2.37. The van der Waals surface area contributed by atoms with E-state index in [1.165, 1.54) is 0 Å². The number of halogens is 2. The van der Waals surface area contributed by atoms with Crippen molar-refractivity contribution < 1.29 is 27.9 Å². The Hall–Kier alpha value is -1.49. The molecule has 122 valence electrons. The largest absolute Gasteiger partial charge is 0.444 e. The van der Waals surface area contributed by atoms with Crippen molar-refractivity contribution in [3.63, 3.8) is 0 Å². The van der Waals surface area contributed by atoms with Crippen molar-refractivity contribution in [2.75, 3.05) is 0 Å². The predicted octanol–water partition coefficient (Wildman–Crippen LogP) is 3.14. The van der Waals surface area contributed by atoms with Crippen molar-refractivity contribution in [2.45, 2.75) is 70.9 Å². The molecule has 1 fully saturated rings. The van der Waals surface area contributed by atoms with Crippen LogP contribution in [0.1, 0.15) is 53.4 Å². The van der Waals surface area contributed by atoms with Gasteiger partial charge in [-0.05, 0) is 46.5 Å². The molecule has 1 unspecified atom stereocenters. The highest BCUT2D eigenvalue weighted by atomic mass is 19.3. The van der Waals surface area contributed by atoms with Crippen LogP contribution in [0.15, 0.2) is 0 Å². The lowest BCUT2D eigenvalue weighted by molar-refractivity contribution is -0.191. The van der Waals surface area contributed by atoms with Crippen LogP contribution in [-0.4, -0.2) is 29.8 Å². The first-order valence-electron chi connectivity index (χ1n) is 6.87. The summed E-state index contributed by atoms with van der Waals surface area (Å²) in [5.74, 6) is -2.42. The van der Waals surface area contributed by atoms with Gasteiger partial charge in [0.15, 0.2) is 0 Å². The minimum absolute atomic E-state index is 0.0853. The molecule has 1 saturated carbocycles. The van der Waals surface area contributed by atoms with Crippen molar-refractivity contribution >= 4 is 12.2 Å². The molecule has 1 N–H and O–H groups in total. The lowest BCUT2D eigenvalue weighted by atomic mass is 9.83. The van der Waals surface area contributed by atoms with Gasteiger partial charge in [-0.25, -0.2) is 13.6 Å². The molecule has 0 aliphatic heterocycles. The average molecular weight is 307 g/mol. The number of carbonyl (C=O) groups is 1. The molecular formula is C14H23F2NO4. The molecule has 1 aliphatic rings. The number of rotatable bonds is 2. The number of hydrogen-bond donors (Lipinski definition) is 1. The van der Waals surface area contributed by atoms with Gasteiger partial charge in [-0.2, -0.15) is 9.59 Å². The molecule has 0 radical (unpaired) electrons. The van der Waals surface area contributed by atoms with E-state index in [-0.39, 0.29) is 31.0 Å². The summed E-state index contributed by atoms with van der Waals surface area (Å²) in [5.41, 5.74) is -0.538. The van der Waals surface area contributed by atoms with Gasteiger partial charge in [0, 0.05) is 18.9 Å². The van der Waals surface area contributed by atoms with Gasteiger partial charge in [-0.15, -0.1) is 0 Å². The Balaban J connectivity index is 0.00000122. The molecule has 0 aromatic carbocycles. The fraction of sp³-hybridized carbons (Fsp3) is 0.857. The fourth-order valence-electron chi connectivity index (χ4n) is 2.17. The molecule has 0 saturated heterocycles. The van der Waals surface area contributed by atoms with E-state index < -0.39 is 17.6 Å². The number of amides is 1. The Bertz CT molecular complexity index is 364. The zero-order chi connectivity index (χ0) is 16.7. The molecule has 0 spiro atoms. The lowest BCUT2D eigenvalue weighted by Crippen LogP contribution is -2.43. The Morgan fingerprint density at radius 3 is 2.10 bits per heavy atom. The molecule has 7 heteroatoms. The van der Waals surface area contributed by atoms with Crippen LogP contribution < -0.4 is 5.32 Å². The number of alkyl halides is 2. The summed E-state index contributed by atoms with van der Waals surface area (Å²) in [6.45, 7) is 7.22. The Morgan fingerprint density at radius 2 is 1.71 bits per heavy atom. The molecule has 21 heavy (non-hydrogen) atoms. The van der Waals surface area contributed by atoms with E-state index >= 15 is 0 Å². The van der Waals surface area contributed by atoms with Gasteiger partial charge < -0.3 is 10.1 Å². The summed E-state index contributed by atoms with van der Waals surface area (Å²) in [6, 6.07) is -0.129. The summed E-state index contributed by atoms with van der Waals surface area (Å²) in [7, 11) is 0. The Kier molecular flexibility index (Phi) is 7.50. The quantitative estimate of drug-likeness (QED) is 0.850. The molecule has 0 bridgehead atoms. The zero-order valence-corrected chi connectivity index (χ0v) is 12.9. The summed E-state index contributed by atoms with van der Waals surface area (Å²) >= 11 is 0. The second-order valence-corrected chi connectivity index (χ2v) is 6.21. The van der Waals surface area contributed by atoms with Gasteiger partial charge in [0.1, 0.15) is 5.60 Å². The number of carbonyl (C=O) groups excluding carboxylic acids is 3. The van der Waals surface area contributed by atoms with Gasteiger partial charge in [0.2, 0.25) is 5.92 Å². The fourth-order valence-corrected chi connectivity index (χ4v) is 2.17. The van der Waals surface area contributed by atoms with Crippen LogP contribution in [-0.2, 0) is 14.3 Å². The Labute approximate surface area is 123 Å². The van der Waals surface area contributed by atoms with Gasteiger partial charge >= 0.3 is 12.2 Å². The second kappa shape index (κ2) is 8.08. The normalized spacial score (nSPS) is 19.5. The van der Waals surface area contributed by atoms with Gasteiger partial charge in [0.25, 0.3) is 0 Å². The third-order valence-corrected chi connectivity index (χ3v) is 3.21. The Morgan fingerprint density at radius 1 is 1.29 bits per heavy atom. The van der Waals surface area contributed by atoms with Crippen LogP contribution in [0.5, 0.6) is 0 Å². The first-order chi connectivity index (χ1) is 9.50. The van der Waals surface area contributed by atoms with E-state index in [1.807, 2.05) is 6.92 Å². The van der Waals surface area contributed by atoms with Crippen LogP contribution >= 0.6 is 0 Å². The number of nitrogens with one attached hydrogen (secondary N) is 1. The van der Waals surface area contributed by atoms with Crippen LogP contribution in [0.2, 0.25) is 0 Å². The molecule has 0 aromatic rings. The van der Waals surface area contributed by atoms with Crippen LogP contribution in [0.4, 0.5) is 13.6 Å². The second-order valence-electron chi connectivity index (χ2n) is 6.21. The van der Waals surface area contributed by atoms with E-state index in [4.69, 9.17) is 14.3 Å². The van der Waals surface area contributed by atoms with Crippen molar-refractivity contribution in [3.8, 4) is 0 Å². The van der Waals surface area contributed by atoms with Crippen molar-refractivity contribution in [1.29, 1.82) is 0 Å². The minimum Gasteiger partial charge on any atom is -0.444 e. The molecule has 0 heterocycles. The maximum Gasteiger partial charge on any atom is 0.407 e. The molecule has 0 aromatic heterocycles. The summed E-state index contributed by atoms with van der Waals surface area (Å²) in [5, 5.41) is 2.73. The zero-order valence-electron chi connectivity index (χ0n) is 12.9. The maximum absolute atomic E-state index is 13.0. The molecule has 1 atom stereocenters. The third kappa shape index (κ3) is 9.13. The minimum atomic E-state index is -2.53. The number of hydrogen-bond acceptors (Lipinski definition) is 4. The van der Waals surface area contributed by atoms with Crippen LogP contribution in [0.25, 0.3) is 0 Å². The third-order valence-electron chi connectivity index (χ3n) is 3.21.